The summed E-state index contributed by atoms with van der Waals surface area (Å²) in [6, 6.07) is 17.0. The number of aryl methyl sites for hydroxylation is 1. The lowest BCUT2D eigenvalue weighted by atomic mass is 9.81. The molecule has 10 N–H and O–H groups in total. The molecule has 2 aliphatic heterocycles. The first-order valence-electron chi connectivity index (χ1n) is 27.5. The number of carbonyl (C=O) groups excluding carboxylic acids is 10. The largest absolute Gasteiger partial charge is 0.458 e. The molecular weight excluding hydrogens is 1110 g/mol. The molecule has 26 heteroatoms. The van der Waals surface area contributed by atoms with E-state index in [9.17, 15) is 57.8 Å². The van der Waals surface area contributed by atoms with Crippen LogP contribution in [0.4, 0.5) is 9.18 Å². The van der Waals surface area contributed by atoms with E-state index in [2.05, 4.69) is 47.9 Å². The average Bonchev–Trinajstić information content (AvgIpc) is 1.67. The van der Waals surface area contributed by atoms with Gasteiger partial charge in [-0.25, -0.2) is 19.0 Å². The lowest BCUT2D eigenvalue weighted by Crippen LogP contribution is -2.53. The highest BCUT2D eigenvalue weighted by molar-refractivity contribution is 5.97. The molecule has 0 spiro atoms. The predicted molar refractivity (Wildman–Crippen MR) is 302 cm³/mol. The second-order valence-electron chi connectivity index (χ2n) is 21.7. The third-order valence-corrected chi connectivity index (χ3v) is 14.6. The fraction of sp³-hybridized carbons (Fsp3) is 0.390. The van der Waals surface area contributed by atoms with Gasteiger partial charge < -0.3 is 67.0 Å². The SMILES string of the molecule is CC[C@@]1(O)C(=O)OCc2c1cc1n(c2=O)Cc2c-1nc1cc(F)c(C)c3c1c2[C@@H](NC(=O)CNC(=O)C(Cc1ccccc1)NC(=O)CNC(=O)CNC(=O)CNC(=O)[C@H](Cc1ccccc1)NC(=O)CNC(=O)CNC(=O)OC(C)(C)C)CC3. The van der Waals surface area contributed by atoms with Crippen molar-refractivity contribution in [1.82, 2.24) is 57.4 Å². The Morgan fingerprint density at radius 3 is 1.78 bits per heavy atom. The number of rotatable bonds is 22. The molecule has 85 heavy (non-hydrogen) atoms. The minimum atomic E-state index is -2.08. The summed E-state index contributed by atoms with van der Waals surface area (Å²) in [6.07, 6.45) is -0.263. The predicted octanol–water partition coefficient (Wildman–Crippen LogP) is 0.191. The lowest BCUT2D eigenvalue weighted by Gasteiger charge is -2.31. The number of amides is 9. The number of esters is 1. The van der Waals surface area contributed by atoms with E-state index in [0.717, 1.165) is 0 Å². The Labute approximate surface area is 486 Å². The van der Waals surface area contributed by atoms with Crippen molar-refractivity contribution in [1.29, 1.82) is 0 Å². The van der Waals surface area contributed by atoms with Gasteiger partial charge in [0.2, 0.25) is 47.3 Å². The van der Waals surface area contributed by atoms with Crippen molar-refractivity contribution >= 4 is 70.2 Å². The smallest absolute Gasteiger partial charge is 0.408 e. The van der Waals surface area contributed by atoms with Crippen LogP contribution >= 0.6 is 0 Å². The van der Waals surface area contributed by atoms with Crippen LogP contribution in [0.1, 0.15) is 91.1 Å². The van der Waals surface area contributed by atoms with Gasteiger partial charge in [0.15, 0.2) is 5.60 Å². The molecule has 9 amide bonds. The lowest BCUT2D eigenvalue weighted by molar-refractivity contribution is -0.172. The Kier molecular flexibility index (Phi) is 19.0. The van der Waals surface area contributed by atoms with E-state index in [1.54, 1.807) is 101 Å². The standard InChI is InChI=1S/C59H66FN11O14/c1-6-59(83)37-21-43-52-35(29-71(43)55(80)36(37)30-84-56(59)81)51-39(18-17-34-31(2)38(60)22-40(70-52)50(34)51)67-49(77)28-65-54(79)42(20-33-15-11-8-12-16-33)69-47(75)26-62-44(72)23-61-45(73)24-64-53(78)41(19-32-13-9-7-10-14-32)68-48(76)27-63-46(74)25-66-57(82)85-58(3,4)5/h7-16,21-22,39,41-42,83H,6,17-20,23-30H2,1-5H3,(H,61,73)(H,62,72)(H,63,74)(H,64,78)(H,65,79)(H,66,82)(H,67,77)(H,68,76)(H,69,75)/t39-,41-,42?,59-/m0/s1. The number of aliphatic hydroxyl groups is 1. The molecule has 3 aromatic carbocycles. The molecule has 25 nitrogen and oxygen atoms in total. The number of hydrogen-bond acceptors (Lipinski definition) is 15. The van der Waals surface area contributed by atoms with Crippen molar-refractivity contribution in [3.8, 4) is 11.4 Å². The molecular formula is C59H66FN11O14. The van der Waals surface area contributed by atoms with Crippen molar-refractivity contribution in [2.45, 2.75) is 109 Å². The highest BCUT2D eigenvalue weighted by atomic mass is 19.1. The third-order valence-electron chi connectivity index (χ3n) is 14.6. The molecule has 3 aliphatic rings. The molecule has 4 atom stereocenters. The second kappa shape index (κ2) is 26.3. The fourth-order valence-electron chi connectivity index (χ4n) is 10.3. The van der Waals surface area contributed by atoms with Gasteiger partial charge in [-0.2, -0.15) is 0 Å². The zero-order valence-electron chi connectivity index (χ0n) is 47.4. The molecule has 4 heterocycles. The summed E-state index contributed by atoms with van der Waals surface area (Å²) in [5.74, 6) is -7.35. The van der Waals surface area contributed by atoms with Crippen LogP contribution in [0.3, 0.4) is 0 Å². The minimum absolute atomic E-state index is 0.00131. The molecule has 2 aromatic heterocycles. The van der Waals surface area contributed by atoms with Crippen LogP contribution in [-0.4, -0.2) is 131 Å². The summed E-state index contributed by atoms with van der Waals surface area (Å²) in [5.41, 5.74) is 1.32. The molecule has 0 radical (unpaired) electrons. The number of cyclic esters (lactones) is 1. The first kappa shape index (κ1) is 61.5. The number of pyridine rings is 2. The summed E-state index contributed by atoms with van der Waals surface area (Å²) in [7, 11) is 0. The van der Waals surface area contributed by atoms with Gasteiger partial charge in [-0.05, 0) is 80.8 Å². The average molecular weight is 1170 g/mol. The van der Waals surface area contributed by atoms with Gasteiger partial charge in [-0.15, -0.1) is 0 Å². The van der Waals surface area contributed by atoms with Crippen LogP contribution in [-0.2, 0) is 90.6 Å². The number of halogens is 1. The van der Waals surface area contributed by atoms with Crippen molar-refractivity contribution < 1.29 is 66.9 Å². The monoisotopic (exact) mass is 1170 g/mol. The van der Waals surface area contributed by atoms with Gasteiger partial charge in [-0.3, -0.25) is 43.2 Å². The van der Waals surface area contributed by atoms with Gasteiger partial charge in [0.05, 0.1) is 67.8 Å². The third kappa shape index (κ3) is 14.8. The number of fused-ring (bicyclic) bond motifs is 5. The van der Waals surface area contributed by atoms with Crippen LogP contribution in [0, 0.1) is 12.7 Å². The van der Waals surface area contributed by atoms with Gasteiger partial charge in [0, 0.05) is 35.4 Å². The number of alkyl carbamates (subject to hydrolysis) is 1. The van der Waals surface area contributed by atoms with Crippen LogP contribution < -0.4 is 53.4 Å². The maximum absolute atomic E-state index is 15.5. The molecule has 1 aliphatic carbocycles. The summed E-state index contributed by atoms with van der Waals surface area (Å²) in [5, 5.41) is 34.4. The van der Waals surface area contributed by atoms with E-state index in [1.807, 2.05) is 0 Å². The number of ether oxygens (including phenoxy) is 2. The maximum atomic E-state index is 15.5. The topological polar surface area (TPSA) is 353 Å². The van der Waals surface area contributed by atoms with Crippen LogP contribution in [0.2, 0.25) is 0 Å². The first-order valence-corrected chi connectivity index (χ1v) is 27.5. The van der Waals surface area contributed by atoms with Crippen LogP contribution in [0.25, 0.3) is 22.3 Å². The number of benzene rings is 3. The molecule has 5 aromatic rings. The molecule has 0 fully saturated rings. The van der Waals surface area contributed by atoms with Crippen molar-refractivity contribution in [2.24, 2.45) is 0 Å². The number of aromatic nitrogens is 2. The van der Waals surface area contributed by atoms with Gasteiger partial charge >= 0.3 is 12.1 Å². The van der Waals surface area contributed by atoms with Crippen LogP contribution in [0.15, 0.2) is 77.6 Å². The van der Waals surface area contributed by atoms with Gasteiger partial charge in [-0.1, -0.05) is 67.6 Å². The molecule has 448 valence electrons. The Balaban J connectivity index is 0.843. The summed E-state index contributed by atoms with van der Waals surface area (Å²) in [6.45, 7) is 4.41. The fourth-order valence-corrected chi connectivity index (χ4v) is 10.3. The van der Waals surface area contributed by atoms with Crippen molar-refractivity contribution in [3.63, 3.8) is 0 Å². The van der Waals surface area contributed by atoms with Crippen molar-refractivity contribution in [2.75, 3.05) is 39.3 Å². The number of nitrogens with one attached hydrogen (secondary N) is 9. The molecule has 0 bridgehead atoms. The Hall–Kier alpha value is -9.59. The molecule has 0 saturated carbocycles. The highest BCUT2D eigenvalue weighted by Gasteiger charge is 2.46. The molecule has 1 unspecified atom stereocenters. The van der Waals surface area contributed by atoms with E-state index >= 15 is 4.39 Å². The minimum Gasteiger partial charge on any atom is -0.458 e. The normalized spacial score (nSPS) is 16.1. The second-order valence-corrected chi connectivity index (χ2v) is 21.7. The molecule has 0 saturated heterocycles. The number of nitrogens with zero attached hydrogens (tertiary/aromatic N) is 2. The maximum Gasteiger partial charge on any atom is 0.408 e. The zero-order chi connectivity index (χ0) is 61.3. The summed E-state index contributed by atoms with van der Waals surface area (Å²) >= 11 is 0. The zero-order valence-corrected chi connectivity index (χ0v) is 47.4. The van der Waals surface area contributed by atoms with E-state index in [0.29, 0.717) is 63.0 Å². The van der Waals surface area contributed by atoms with Gasteiger partial charge in [0.25, 0.3) is 5.56 Å². The molecule has 8 rings (SSSR count). The highest BCUT2D eigenvalue weighted by Crippen LogP contribution is 2.46. The number of carbonyl (C=O) groups is 10. The van der Waals surface area contributed by atoms with Crippen LogP contribution in [0.5, 0.6) is 0 Å². The number of hydrogen-bond donors (Lipinski definition) is 10. The summed E-state index contributed by atoms with van der Waals surface area (Å²) in [4.78, 5) is 149. The van der Waals surface area contributed by atoms with E-state index in [1.165, 1.54) is 10.6 Å². The quantitative estimate of drug-likeness (QED) is 0.0406. The Morgan fingerprint density at radius 1 is 0.718 bits per heavy atom. The van der Waals surface area contributed by atoms with E-state index < -0.39 is 139 Å². The Morgan fingerprint density at radius 2 is 1.24 bits per heavy atom. The summed E-state index contributed by atoms with van der Waals surface area (Å²) < 4.78 is 27.3. The van der Waals surface area contributed by atoms with E-state index in [-0.39, 0.29) is 49.1 Å². The Bertz CT molecular complexity index is 3550. The van der Waals surface area contributed by atoms with Crippen molar-refractivity contribution in [3.05, 3.63) is 133 Å². The first-order chi connectivity index (χ1) is 40.4. The van der Waals surface area contributed by atoms with E-state index in [4.69, 9.17) is 14.5 Å². The van der Waals surface area contributed by atoms with Gasteiger partial charge in [0.1, 0.15) is 36.7 Å².